The molecule has 1 unspecified atom stereocenters. The molecule has 1 aromatic rings. The highest BCUT2D eigenvalue weighted by atomic mass is 79.9. The highest BCUT2D eigenvalue weighted by Crippen LogP contribution is 2.35. The predicted octanol–water partition coefficient (Wildman–Crippen LogP) is 3.97. The van der Waals surface area contributed by atoms with Crippen LogP contribution in [0.3, 0.4) is 0 Å². The van der Waals surface area contributed by atoms with Gasteiger partial charge in [-0.1, -0.05) is 22.0 Å². The van der Waals surface area contributed by atoms with Crippen molar-refractivity contribution in [2.24, 2.45) is 5.92 Å². The number of nitriles is 1. The van der Waals surface area contributed by atoms with Crippen LogP contribution < -0.4 is 4.90 Å². The van der Waals surface area contributed by atoms with E-state index >= 15 is 0 Å². The average molecular weight is 293 g/mol. The Hall–Kier alpha value is -1.01. The van der Waals surface area contributed by atoms with E-state index < -0.39 is 0 Å². The number of benzene rings is 1. The molecule has 17 heavy (non-hydrogen) atoms. The van der Waals surface area contributed by atoms with Crippen molar-refractivity contribution in [1.29, 1.82) is 5.26 Å². The maximum atomic E-state index is 9.05. The third-order valence-corrected chi connectivity index (χ3v) is 3.97. The zero-order valence-corrected chi connectivity index (χ0v) is 11.9. The van der Waals surface area contributed by atoms with Gasteiger partial charge in [0.1, 0.15) is 0 Å². The van der Waals surface area contributed by atoms with Gasteiger partial charge in [0.05, 0.1) is 12.0 Å². The van der Waals surface area contributed by atoms with Crippen LogP contribution in [0.25, 0.3) is 0 Å². The molecule has 1 aliphatic heterocycles. The largest absolute Gasteiger partial charge is 0.366 e. The minimum Gasteiger partial charge on any atom is -0.366 e. The van der Waals surface area contributed by atoms with Crippen LogP contribution in [-0.4, -0.2) is 12.1 Å². The summed E-state index contributed by atoms with van der Waals surface area (Å²) in [6.07, 6.45) is 1.91. The monoisotopic (exact) mass is 292 g/mol. The molecular formula is C14H17BrN2. The molecule has 0 spiro atoms. The van der Waals surface area contributed by atoms with Crippen molar-refractivity contribution in [2.45, 2.75) is 32.2 Å². The molecular weight excluding hydrogens is 276 g/mol. The van der Waals surface area contributed by atoms with Crippen LogP contribution in [0.5, 0.6) is 0 Å². The standard InChI is InChI=1S/C14H17BrN2/c1-14(2)9-11(10-16)6-7-17(14)13-5-3-4-12(15)8-13/h3-5,8,11H,6-7,9H2,1-2H3. The average Bonchev–Trinajstić information content (AvgIpc) is 2.27. The van der Waals surface area contributed by atoms with E-state index in [1.807, 2.05) is 6.07 Å². The lowest BCUT2D eigenvalue weighted by Crippen LogP contribution is -2.50. The van der Waals surface area contributed by atoms with Crippen LogP contribution >= 0.6 is 15.9 Å². The van der Waals surface area contributed by atoms with Gasteiger partial charge in [-0.25, -0.2) is 0 Å². The molecule has 0 amide bonds. The molecule has 0 N–H and O–H groups in total. The number of hydrogen-bond acceptors (Lipinski definition) is 2. The third kappa shape index (κ3) is 2.63. The topological polar surface area (TPSA) is 27.0 Å². The molecule has 1 fully saturated rings. The molecule has 90 valence electrons. The van der Waals surface area contributed by atoms with Gasteiger partial charge >= 0.3 is 0 Å². The summed E-state index contributed by atoms with van der Waals surface area (Å²) in [5, 5.41) is 9.05. The van der Waals surface area contributed by atoms with Crippen LogP contribution in [0.1, 0.15) is 26.7 Å². The molecule has 0 bridgehead atoms. The van der Waals surface area contributed by atoms with E-state index in [0.29, 0.717) is 0 Å². The molecule has 3 heteroatoms. The molecule has 1 aromatic carbocycles. The SMILES string of the molecule is CC1(C)CC(C#N)CCN1c1cccc(Br)c1. The van der Waals surface area contributed by atoms with Crippen molar-refractivity contribution in [2.75, 3.05) is 11.4 Å². The molecule has 2 rings (SSSR count). The maximum Gasteiger partial charge on any atom is 0.0657 e. The first-order chi connectivity index (χ1) is 8.03. The summed E-state index contributed by atoms with van der Waals surface area (Å²) in [6.45, 7) is 5.40. The molecule has 1 heterocycles. The van der Waals surface area contributed by atoms with E-state index in [0.717, 1.165) is 23.9 Å². The summed E-state index contributed by atoms with van der Waals surface area (Å²) in [5.74, 6) is 0.202. The third-order valence-electron chi connectivity index (χ3n) is 3.48. The number of nitrogens with zero attached hydrogens (tertiary/aromatic N) is 2. The van der Waals surface area contributed by atoms with Gasteiger partial charge in [0.25, 0.3) is 0 Å². The smallest absolute Gasteiger partial charge is 0.0657 e. The lowest BCUT2D eigenvalue weighted by molar-refractivity contribution is 0.315. The Kier molecular flexibility index (Phi) is 3.44. The quantitative estimate of drug-likeness (QED) is 0.783. The lowest BCUT2D eigenvalue weighted by atomic mass is 9.83. The number of piperidine rings is 1. The van der Waals surface area contributed by atoms with Gasteiger partial charge < -0.3 is 4.90 Å². The molecule has 0 aliphatic carbocycles. The van der Waals surface area contributed by atoms with E-state index in [-0.39, 0.29) is 11.5 Å². The minimum absolute atomic E-state index is 0.0550. The van der Waals surface area contributed by atoms with E-state index in [4.69, 9.17) is 5.26 Å². The first-order valence-electron chi connectivity index (χ1n) is 5.96. The van der Waals surface area contributed by atoms with Crippen molar-refractivity contribution >= 4 is 21.6 Å². The van der Waals surface area contributed by atoms with Crippen LogP contribution in [0.4, 0.5) is 5.69 Å². The van der Waals surface area contributed by atoms with Crippen LogP contribution in [0, 0.1) is 17.2 Å². The Morgan fingerprint density at radius 1 is 1.47 bits per heavy atom. The predicted molar refractivity (Wildman–Crippen MR) is 73.9 cm³/mol. The van der Waals surface area contributed by atoms with Crippen LogP contribution in [0.2, 0.25) is 0 Å². The van der Waals surface area contributed by atoms with Crippen molar-refractivity contribution in [3.63, 3.8) is 0 Å². The molecule has 1 saturated heterocycles. The van der Waals surface area contributed by atoms with Gasteiger partial charge in [-0.05, 0) is 44.9 Å². The first-order valence-corrected chi connectivity index (χ1v) is 6.75. The zero-order valence-electron chi connectivity index (χ0n) is 10.3. The van der Waals surface area contributed by atoms with E-state index in [9.17, 15) is 0 Å². The Morgan fingerprint density at radius 2 is 2.24 bits per heavy atom. The van der Waals surface area contributed by atoms with Gasteiger partial charge in [0.15, 0.2) is 0 Å². The second-order valence-electron chi connectivity index (χ2n) is 5.26. The van der Waals surface area contributed by atoms with Gasteiger partial charge in [0.2, 0.25) is 0 Å². The molecule has 0 aromatic heterocycles. The van der Waals surface area contributed by atoms with Crippen molar-refractivity contribution in [1.82, 2.24) is 0 Å². The van der Waals surface area contributed by atoms with E-state index in [1.165, 1.54) is 5.69 Å². The minimum atomic E-state index is 0.0550. The Balaban J connectivity index is 2.25. The summed E-state index contributed by atoms with van der Waals surface area (Å²) < 4.78 is 1.10. The molecule has 1 aliphatic rings. The molecule has 0 saturated carbocycles. The fourth-order valence-electron chi connectivity index (χ4n) is 2.64. The second-order valence-corrected chi connectivity index (χ2v) is 6.18. The number of anilines is 1. The van der Waals surface area contributed by atoms with Crippen molar-refractivity contribution in [3.05, 3.63) is 28.7 Å². The first kappa shape index (κ1) is 12.4. The van der Waals surface area contributed by atoms with Gasteiger partial charge in [0, 0.05) is 22.2 Å². The molecule has 0 radical (unpaired) electrons. The molecule has 2 nitrogen and oxygen atoms in total. The lowest BCUT2D eigenvalue weighted by Gasteiger charge is -2.45. The Bertz CT molecular complexity index is 448. The van der Waals surface area contributed by atoms with Crippen LogP contribution in [-0.2, 0) is 0 Å². The number of rotatable bonds is 1. The molecule has 1 atom stereocenters. The van der Waals surface area contributed by atoms with E-state index in [1.54, 1.807) is 0 Å². The Morgan fingerprint density at radius 3 is 2.82 bits per heavy atom. The van der Waals surface area contributed by atoms with Crippen LogP contribution in [0.15, 0.2) is 28.7 Å². The van der Waals surface area contributed by atoms with Gasteiger partial charge in [-0.15, -0.1) is 0 Å². The summed E-state index contributed by atoms with van der Waals surface area (Å²) >= 11 is 3.51. The van der Waals surface area contributed by atoms with Crippen molar-refractivity contribution < 1.29 is 0 Å². The van der Waals surface area contributed by atoms with E-state index in [2.05, 4.69) is 58.9 Å². The second kappa shape index (κ2) is 4.70. The summed E-state index contributed by atoms with van der Waals surface area (Å²) in [5.41, 5.74) is 1.29. The Labute approximate surface area is 111 Å². The van der Waals surface area contributed by atoms with Gasteiger partial charge in [-0.3, -0.25) is 0 Å². The highest BCUT2D eigenvalue weighted by Gasteiger charge is 2.34. The summed E-state index contributed by atoms with van der Waals surface area (Å²) in [4.78, 5) is 2.41. The normalized spacial score (nSPS) is 23.2. The number of halogens is 1. The van der Waals surface area contributed by atoms with Gasteiger partial charge in [-0.2, -0.15) is 5.26 Å². The summed E-state index contributed by atoms with van der Waals surface area (Å²) in [7, 11) is 0. The highest BCUT2D eigenvalue weighted by molar-refractivity contribution is 9.10. The maximum absolute atomic E-state index is 9.05. The zero-order chi connectivity index (χ0) is 12.5. The fraction of sp³-hybridized carbons (Fsp3) is 0.500. The fourth-order valence-corrected chi connectivity index (χ4v) is 3.02. The van der Waals surface area contributed by atoms with Crippen molar-refractivity contribution in [3.8, 4) is 6.07 Å². The number of hydrogen-bond donors (Lipinski definition) is 0. The summed E-state index contributed by atoms with van der Waals surface area (Å²) in [6, 6.07) is 10.8.